The molecule has 0 amide bonds. The summed E-state index contributed by atoms with van der Waals surface area (Å²) in [7, 11) is 0. The van der Waals surface area contributed by atoms with Crippen LogP contribution in [0.25, 0.3) is 0 Å². The zero-order valence-corrected chi connectivity index (χ0v) is 7.70. The quantitative estimate of drug-likeness (QED) is 0.647. The highest BCUT2D eigenvalue weighted by molar-refractivity contribution is 4.88. The van der Waals surface area contributed by atoms with Crippen LogP contribution in [0.5, 0.6) is 0 Å². The average Bonchev–Trinajstić information content (AvgIpc) is 2.44. The van der Waals surface area contributed by atoms with Crippen molar-refractivity contribution in [3.8, 4) is 0 Å². The largest absolute Gasteiger partial charge is 0.396 e. The monoisotopic (exact) mass is 170 g/mol. The molecule has 0 bridgehead atoms. The van der Waals surface area contributed by atoms with Gasteiger partial charge in [0.1, 0.15) is 0 Å². The fourth-order valence-electron chi connectivity index (χ4n) is 2.79. The Labute approximate surface area is 73.9 Å². The van der Waals surface area contributed by atoms with Gasteiger partial charge in [-0.05, 0) is 38.0 Å². The zero-order valence-electron chi connectivity index (χ0n) is 7.70. The Hall–Kier alpha value is -0.0800. The van der Waals surface area contributed by atoms with Gasteiger partial charge in [-0.15, -0.1) is 0 Å². The lowest BCUT2D eigenvalue weighted by Crippen LogP contribution is -2.30. The van der Waals surface area contributed by atoms with E-state index in [0.717, 1.165) is 6.42 Å². The van der Waals surface area contributed by atoms with E-state index in [1.807, 2.05) is 0 Å². The number of hydrogen-bond acceptors (Lipinski definition) is 2. The number of hydrogen-bond donors (Lipinski definition) is 1. The van der Waals surface area contributed by atoms with Crippen molar-refractivity contribution in [1.29, 1.82) is 0 Å². The van der Waals surface area contributed by atoms with Crippen LogP contribution in [-0.4, -0.2) is 23.9 Å². The van der Waals surface area contributed by atoms with E-state index in [4.69, 9.17) is 9.84 Å². The predicted octanol–water partition coefficient (Wildman–Crippen LogP) is 1.57. The van der Waals surface area contributed by atoms with E-state index in [1.54, 1.807) is 0 Å². The van der Waals surface area contributed by atoms with E-state index in [2.05, 4.69) is 6.92 Å². The van der Waals surface area contributed by atoms with Crippen molar-refractivity contribution in [1.82, 2.24) is 0 Å². The maximum Gasteiger partial charge on any atom is 0.0611 e. The summed E-state index contributed by atoms with van der Waals surface area (Å²) in [5.74, 6) is 1.17. The normalized spacial score (nSPS) is 47.5. The van der Waals surface area contributed by atoms with Gasteiger partial charge < -0.3 is 9.84 Å². The SMILES string of the molecule is C[C@H]1C[C@H]2[C@@H](CO)CCC[C@H]2O1. The molecule has 1 heterocycles. The third-order valence-corrected chi connectivity index (χ3v) is 3.39. The lowest BCUT2D eigenvalue weighted by atomic mass is 9.77. The molecule has 2 heteroatoms. The van der Waals surface area contributed by atoms with Crippen molar-refractivity contribution in [3.05, 3.63) is 0 Å². The first-order valence-corrected chi connectivity index (χ1v) is 5.07. The summed E-state index contributed by atoms with van der Waals surface area (Å²) < 4.78 is 5.79. The molecule has 1 saturated carbocycles. The summed E-state index contributed by atoms with van der Waals surface area (Å²) in [5, 5.41) is 9.17. The number of fused-ring (bicyclic) bond motifs is 1. The van der Waals surface area contributed by atoms with Gasteiger partial charge in [0.25, 0.3) is 0 Å². The third kappa shape index (κ3) is 1.38. The van der Waals surface area contributed by atoms with E-state index in [-0.39, 0.29) is 0 Å². The molecule has 0 spiro atoms. The molecule has 1 N–H and O–H groups in total. The van der Waals surface area contributed by atoms with Crippen molar-refractivity contribution in [2.45, 2.75) is 44.8 Å². The van der Waals surface area contributed by atoms with Crippen LogP contribution in [0.2, 0.25) is 0 Å². The van der Waals surface area contributed by atoms with E-state index in [9.17, 15) is 0 Å². The molecule has 4 atom stereocenters. The van der Waals surface area contributed by atoms with Gasteiger partial charge in [0.2, 0.25) is 0 Å². The van der Waals surface area contributed by atoms with E-state index >= 15 is 0 Å². The van der Waals surface area contributed by atoms with Crippen LogP contribution in [0.4, 0.5) is 0 Å². The molecule has 2 nitrogen and oxygen atoms in total. The van der Waals surface area contributed by atoms with Gasteiger partial charge >= 0.3 is 0 Å². The van der Waals surface area contributed by atoms with Crippen molar-refractivity contribution < 1.29 is 9.84 Å². The van der Waals surface area contributed by atoms with Crippen LogP contribution < -0.4 is 0 Å². The molecule has 0 aromatic heterocycles. The van der Waals surface area contributed by atoms with Gasteiger partial charge in [0, 0.05) is 6.61 Å². The van der Waals surface area contributed by atoms with Crippen molar-refractivity contribution in [3.63, 3.8) is 0 Å². The van der Waals surface area contributed by atoms with Crippen molar-refractivity contribution in [2.75, 3.05) is 6.61 Å². The molecule has 2 aliphatic rings. The average molecular weight is 170 g/mol. The molecular formula is C10H18O2. The molecule has 12 heavy (non-hydrogen) atoms. The Balaban J connectivity index is 2.02. The molecule has 0 unspecified atom stereocenters. The van der Waals surface area contributed by atoms with Gasteiger partial charge in [-0.1, -0.05) is 6.42 Å². The Morgan fingerprint density at radius 3 is 3.00 bits per heavy atom. The summed E-state index contributed by atoms with van der Waals surface area (Å²) >= 11 is 0. The topological polar surface area (TPSA) is 29.5 Å². The summed E-state index contributed by atoms with van der Waals surface area (Å²) in [5.41, 5.74) is 0. The van der Waals surface area contributed by atoms with Crippen LogP contribution in [0, 0.1) is 11.8 Å². The second-order valence-electron chi connectivity index (χ2n) is 4.26. The van der Waals surface area contributed by atoms with Crippen LogP contribution in [0.1, 0.15) is 32.6 Å². The standard InChI is InChI=1S/C10H18O2/c1-7-5-9-8(6-11)3-2-4-10(9)12-7/h7-11H,2-6H2,1H3/t7-,8+,9-,10+/m0/s1. The number of rotatable bonds is 1. The number of aliphatic hydroxyl groups is 1. The fraction of sp³-hybridized carbons (Fsp3) is 1.00. The highest BCUT2D eigenvalue weighted by Crippen LogP contribution is 2.40. The maximum absolute atomic E-state index is 9.17. The Morgan fingerprint density at radius 2 is 2.25 bits per heavy atom. The number of aliphatic hydroxyl groups excluding tert-OH is 1. The molecule has 70 valence electrons. The maximum atomic E-state index is 9.17. The third-order valence-electron chi connectivity index (χ3n) is 3.39. The molecule has 1 saturated heterocycles. The van der Waals surface area contributed by atoms with Crippen LogP contribution in [-0.2, 0) is 4.74 Å². The summed E-state index contributed by atoms with van der Waals surface area (Å²) in [6.07, 6.45) is 5.70. The fourth-order valence-corrected chi connectivity index (χ4v) is 2.79. The second-order valence-corrected chi connectivity index (χ2v) is 4.26. The van der Waals surface area contributed by atoms with Crippen molar-refractivity contribution >= 4 is 0 Å². The minimum Gasteiger partial charge on any atom is -0.396 e. The summed E-state index contributed by atoms with van der Waals surface area (Å²) in [4.78, 5) is 0. The van der Waals surface area contributed by atoms with E-state index in [1.165, 1.54) is 19.3 Å². The Kier molecular flexibility index (Phi) is 2.37. The number of ether oxygens (including phenoxy) is 1. The lowest BCUT2D eigenvalue weighted by molar-refractivity contribution is 0.00330. The van der Waals surface area contributed by atoms with E-state index in [0.29, 0.717) is 30.7 Å². The molecule has 2 rings (SSSR count). The Bertz CT molecular complexity index is 152. The van der Waals surface area contributed by atoms with Gasteiger partial charge in [-0.2, -0.15) is 0 Å². The summed E-state index contributed by atoms with van der Waals surface area (Å²) in [6.45, 7) is 2.50. The first-order valence-electron chi connectivity index (χ1n) is 5.07. The molecule has 0 aromatic carbocycles. The first-order chi connectivity index (χ1) is 5.81. The van der Waals surface area contributed by atoms with E-state index < -0.39 is 0 Å². The van der Waals surface area contributed by atoms with Crippen LogP contribution in [0.3, 0.4) is 0 Å². The van der Waals surface area contributed by atoms with Gasteiger partial charge in [-0.3, -0.25) is 0 Å². The Morgan fingerprint density at radius 1 is 1.42 bits per heavy atom. The van der Waals surface area contributed by atoms with Crippen LogP contribution >= 0.6 is 0 Å². The highest BCUT2D eigenvalue weighted by atomic mass is 16.5. The summed E-state index contributed by atoms with van der Waals surface area (Å²) in [6, 6.07) is 0. The molecule has 2 fully saturated rings. The molecule has 1 aliphatic heterocycles. The van der Waals surface area contributed by atoms with Gasteiger partial charge in [0.15, 0.2) is 0 Å². The van der Waals surface area contributed by atoms with Crippen molar-refractivity contribution in [2.24, 2.45) is 11.8 Å². The minimum atomic E-state index is 0.358. The second kappa shape index (κ2) is 3.35. The molecule has 0 aromatic rings. The minimum absolute atomic E-state index is 0.358. The van der Waals surface area contributed by atoms with Crippen LogP contribution in [0.15, 0.2) is 0 Å². The predicted molar refractivity (Wildman–Crippen MR) is 46.9 cm³/mol. The van der Waals surface area contributed by atoms with Gasteiger partial charge in [0.05, 0.1) is 12.2 Å². The highest BCUT2D eigenvalue weighted by Gasteiger charge is 2.39. The van der Waals surface area contributed by atoms with Gasteiger partial charge in [-0.25, -0.2) is 0 Å². The molecule has 1 aliphatic carbocycles. The zero-order chi connectivity index (χ0) is 8.55. The smallest absolute Gasteiger partial charge is 0.0611 e. The molecule has 0 radical (unpaired) electrons. The molecular weight excluding hydrogens is 152 g/mol. The first kappa shape index (κ1) is 8.52. The lowest BCUT2D eigenvalue weighted by Gasteiger charge is -2.31.